The van der Waals surface area contributed by atoms with Crippen molar-refractivity contribution in [2.24, 2.45) is 13.0 Å². The third-order valence-corrected chi connectivity index (χ3v) is 3.96. The van der Waals surface area contributed by atoms with E-state index >= 15 is 0 Å². The summed E-state index contributed by atoms with van der Waals surface area (Å²) in [7, 11) is 2.09. The van der Waals surface area contributed by atoms with Gasteiger partial charge in [-0.3, -0.25) is 0 Å². The number of nitrogens with zero attached hydrogens (tertiary/aromatic N) is 2. The summed E-state index contributed by atoms with van der Waals surface area (Å²) in [4.78, 5) is 4.27. The van der Waals surface area contributed by atoms with Gasteiger partial charge in [-0.2, -0.15) is 0 Å². The first-order chi connectivity index (χ1) is 9.22. The molecule has 110 valence electrons. The van der Waals surface area contributed by atoms with Gasteiger partial charge in [0.15, 0.2) is 0 Å². The smallest absolute Gasteiger partial charge is 0.0946 e. The molecule has 1 N–H and O–H groups in total. The number of hydrogen-bond acceptors (Lipinski definition) is 2. The van der Waals surface area contributed by atoms with Crippen LogP contribution in [0, 0.1) is 5.92 Å². The average Bonchev–Trinajstić information content (AvgIpc) is 2.84. The van der Waals surface area contributed by atoms with E-state index in [0.29, 0.717) is 6.04 Å². The fraction of sp³-hybridized carbons (Fsp3) is 0.812. The number of imidazole rings is 1. The molecule has 0 radical (unpaired) electrons. The average molecular weight is 265 g/mol. The van der Waals surface area contributed by atoms with Gasteiger partial charge in [-0.05, 0) is 25.3 Å². The molecule has 0 aromatic carbocycles. The molecule has 2 atom stereocenters. The van der Waals surface area contributed by atoms with Crippen LogP contribution in [0.25, 0.3) is 0 Å². The van der Waals surface area contributed by atoms with Crippen molar-refractivity contribution in [3.63, 3.8) is 0 Å². The largest absolute Gasteiger partial charge is 0.336 e. The zero-order chi connectivity index (χ0) is 14.1. The van der Waals surface area contributed by atoms with E-state index in [-0.39, 0.29) is 0 Å². The quantitative estimate of drug-likeness (QED) is 0.691. The van der Waals surface area contributed by atoms with E-state index in [4.69, 9.17) is 0 Å². The van der Waals surface area contributed by atoms with E-state index < -0.39 is 0 Å². The lowest BCUT2D eigenvalue weighted by Gasteiger charge is -2.24. The third kappa shape index (κ3) is 5.35. The van der Waals surface area contributed by atoms with E-state index in [1.54, 1.807) is 0 Å². The Hall–Kier alpha value is -0.830. The van der Waals surface area contributed by atoms with Crippen LogP contribution in [0.3, 0.4) is 0 Å². The lowest BCUT2D eigenvalue weighted by atomic mass is 9.91. The van der Waals surface area contributed by atoms with Gasteiger partial charge in [-0.25, -0.2) is 4.98 Å². The van der Waals surface area contributed by atoms with Crippen molar-refractivity contribution < 1.29 is 0 Å². The van der Waals surface area contributed by atoms with Crippen molar-refractivity contribution in [3.05, 3.63) is 18.2 Å². The summed E-state index contributed by atoms with van der Waals surface area (Å²) in [5.41, 5.74) is 1.32. The van der Waals surface area contributed by atoms with Gasteiger partial charge in [-0.15, -0.1) is 0 Å². The van der Waals surface area contributed by atoms with Crippen molar-refractivity contribution in [2.45, 2.75) is 65.3 Å². The van der Waals surface area contributed by atoms with E-state index in [0.717, 1.165) is 12.5 Å². The van der Waals surface area contributed by atoms with Gasteiger partial charge in [-0.1, -0.05) is 46.5 Å². The van der Waals surface area contributed by atoms with Gasteiger partial charge >= 0.3 is 0 Å². The normalized spacial score (nSPS) is 14.5. The summed E-state index contributed by atoms with van der Waals surface area (Å²) in [6.45, 7) is 7.91. The van der Waals surface area contributed by atoms with E-state index in [9.17, 15) is 0 Å². The summed E-state index contributed by atoms with van der Waals surface area (Å²) < 4.78 is 2.15. The molecule has 0 aliphatic carbocycles. The molecule has 3 nitrogen and oxygen atoms in total. The molecule has 1 heterocycles. The van der Waals surface area contributed by atoms with Crippen LogP contribution in [0.15, 0.2) is 12.5 Å². The lowest BCUT2D eigenvalue weighted by molar-refractivity contribution is 0.346. The second-order valence-electron chi connectivity index (χ2n) is 5.59. The highest BCUT2D eigenvalue weighted by atomic mass is 15.1. The highest BCUT2D eigenvalue weighted by molar-refractivity contribution is 5.05. The summed E-state index contributed by atoms with van der Waals surface area (Å²) in [5.74, 6) is 0.823. The molecule has 1 rings (SSSR count). The number of unbranched alkanes of at least 4 members (excludes halogenated alkanes) is 1. The SMILES string of the molecule is CCCCC(CC)CC(NCCC)c1cncn1C. The Morgan fingerprint density at radius 1 is 1.26 bits per heavy atom. The van der Waals surface area contributed by atoms with Crippen LogP contribution in [-0.2, 0) is 7.05 Å². The highest BCUT2D eigenvalue weighted by Crippen LogP contribution is 2.26. The zero-order valence-electron chi connectivity index (χ0n) is 13.2. The second kappa shape index (κ2) is 9.13. The molecule has 0 amide bonds. The third-order valence-electron chi connectivity index (χ3n) is 3.96. The Bertz CT molecular complexity index is 332. The summed E-state index contributed by atoms with van der Waals surface area (Å²) >= 11 is 0. The van der Waals surface area contributed by atoms with Crippen LogP contribution in [0.1, 0.15) is 71.0 Å². The summed E-state index contributed by atoms with van der Waals surface area (Å²) in [6.07, 6.45) is 11.6. The Labute approximate surface area is 118 Å². The molecular weight excluding hydrogens is 234 g/mol. The number of hydrogen-bond donors (Lipinski definition) is 1. The maximum absolute atomic E-state index is 4.27. The fourth-order valence-corrected chi connectivity index (χ4v) is 2.65. The maximum atomic E-state index is 4.27. The molecule has 2 unspecified atom stereocenters. The molecule has 19 heavy (non-hydrogen) atoms. The van der Waals surface area contributed by atoms with Crippen molar-refractivity contribution in [2.75, 3.05) is 6.54 Å². The van der Waals surface area contributed by atoms with E-state index in [1.807, 2.05) is 12.5 Å². The second-order valence-corrected chi connectivity index (χ2v) is 5.59. The Morgan fingerprint density at radius 2 is 2.05 bits per heavy atom. The van der Waals surface area contributed by atoms with Crippen LogP contribution < -0.4 is 5.32 Å². The van der Waals surface area contributed by atoms with Gasteiger partial charge in [0.05, 0.1) is 12.0 Å². The maximum Gasteiger partial charge on any atom is 0.0946 e. The van der Waals surface area contributed by atoms with Gasteiger partial charge in [0.1, 0.15) is 0 Å². The first-order valence-electron chi connectivity index (χ1n) is 7.92. The Morgan fingerprint density at radius 3 is 2.58 bits per heavy atom. The van der Waals surface area contributed by atoms with Crippen molar-refractivity contribution in [3.8, 4) is 0 Å². The van der Waals surface area contributed by atoms with E-state index in [2.05, 4.69) is 42.7 Å². The van der Waals surface area contributed by atoms with Crippen LogP contribution in [-0.4, -0.2) is 16.1 Å². The molecule has 0 aliphatic heterocycles. The molecule has 0 fully saturated rings. The minimum Gasteiger partial charge on any atom is -0.336 e. The lowest BCUT2D eigenvalue weighted by Crippen LogP contribution is -2.26. The molecule has 0 saturated heterocycles. The minimum atomic E-state index is 0.453. The van der Waals surface area contributed by atoms with Gasteiger partial charge in [0.2, 0.25) is 0 Å². The van der Waals surface area contributed by atoms with E-state index in [1.165, 1.54) is 44.2 Å². The summed E-state index contributed by atoms with van der Waals surface area (Å²) in [6, 6.07) is 0.453. The molecule has 0 saturated carbocycles. The van der Waals surface area contributed by atoms with Crippen LogP contribution >= 0.6 is 0 Å². The predicted molar refractivity (Wildman–Crippen MR) is 82.2 cm³/mol. The van der Waals surface area contributed by atoms with Crippen LogP contribution in [0.5, 0.6) is 0 Å². The number of aryl methyl sites for hydroxylation is 1. The van der Waals surface area contributed by atoms with Crippen LogP contribution in [0.4, 0.5) is 0 Å². The van der Waals surface area contributed by atoms with Crippen LogP contribution in [0.2, 0.25) is 0 Å². The number of aromatic nitrogens is 2. The van der Waals surface area contributed by atoms with Gasteiger partial charge < -0.3 is 9.88 Å². The molecule has 0 bridgehead atoms. The molecule has 3 heteroatoms. The first kappa shape index (κ1) is 16.2. The van der Waals surface area contributed by atoms with Crippen molar-refractivity contribution >= 4 is 0 Å². The number of rotatable bonds is 10. The first-order valence-corrected chi connectivity index (χ1v) is 7.92. The van der Waals surface area contributed by atoms with Crippen molar-refractivity contribution in [1.82, 2.24) is 14.9 Å². The zero-order valence-corrected chi connectivity index (χ0v) is 13.2. The topological polar surface area (TPSA) is 29.9 Å². The van der Waals surface area contributed by atoms with Gasteiger partial charge in [0.25, 0.3) is 0 Å². The fourth-order valence-electron chi connectivity index (χ4n) is 2.65. The molecule has 0 spiro atoms. The standard InChI is InChI=1S/C16H31N3/c1-5-8-9-14(7-3)11-15(18-10-6-2)16-12-17-13-19(16)4/h12-15,18H,5-11H2,1-4H3. The number of nitrogens with one attached hydrogen (secondary N) is 1. The van der Waals surface area contributed by atoms with Gasteiger partial charge in [0, 0.05) is 19.3 Å². The molecule has 1 aromatic rings. The Kier molecular flexibility index (Phi) is 7.80. The predicted octanol–water partition coefficient (Wildman–Crippen LogP) is 4.07. The summed E-state index contributed by atoms with van der Waals surface area (Å²) in [5, 5.41) is 3.69. The molecule has 0 aliphatic rings. The highest BCUT2D eigenvalue weighted by Gasteiger charge is 2.18. The minimum absolute atomic E-state index is 0.453. The monoisotopic (exact) mass is 265 g/mol. The Balaban J connectivity index is 2.65. The molecular formula is C16H31N3. The molecule has 1 aromatic heterocycles. The van der Waals surface area contributed by atoms with Crippen molar-refractivity contribution in [1.29, 1.82) is 0 Å².